The molecule has 152 valence electrons. The average molecular weight is 399 g/mol. The molecule has 9 nitrogen and oxygen atoms in total. The molecule has 0 atom stereocenters. The van der Waals surface area contributed by atoms with Gasteiger partial charge in [-0.1, -0.05) is 12.1 Å². The van der Waals surface area contributed by atoms with Crippen molar-refractivity contribution in [2.75, 3.05) is 13.2 Å². The summed E-state index contributed by atoms with van der Waals surface area (Å²) < 4.78 is 5.27. The third-order valence-corrected chi connectivity index (χ3v) is 3.97. The Labute approximate surface area is 167 Å². The highest BCUT2D eigenvalue weighted by Gasteiger charge is 2.37. The minimum atomic E-state index is -0.652. The van der Waals surface area contributed by atoms with Crippen molar-refractivity contribution in [3.05, 3.63) is 60.1 Å². The Hall–Kier alpha value is -3.46. The van der Waals surface area contributed by atoms with Gasteiger partial charge in [-0.3, -0.25) is 24.1 Å². The SMILES string of the molecule is CC(C)(C)OC(=O)N1C=CCN(C(=O)CON2C(=O)c3ccccc3C2=O)C=C1. The summed E-state index contributed by atoms with van der Waals surface area (Å²) in [5, 5.41) is 0.590. The lowest BCUT2D eigenvalue weighted by Gasteiger charge is -2.22. The molecule has 0 saturated carbocycles. The molecule has 29 heavy (non-hydrogen) atoms. The molecule has 0 N–H and O–H groups in total. The molecule has 1 aromatic carbocycles. The van der Waals surface area contributed by atoms with Crippen molar-refractivity contribution < 1.29 is 28.8 Å². The molecule has 0 fully saturated rings. The number of rotatable bonds is 3. The molecule has 0 unspecified atom stereocenters. The number of hydroxylamine groups is 2. The van der Waals surface area contributed by atoms with Crippen LogP contribution in [0.1, 0.15) is 41.5 Å². The van der Waals surface area contributed by atoms with E-state index < -0.39 is 36.0 Å². The Morgan fingerprint density at radius 2 is 1.62 bits per heavy atom. The number of carbonyl (C=O) groups is 4. The van der Waals surface area contributed by atoms with Crippen molar-refractivity contribution in [3.63, 3.8) is 0 Å². The second kappa shape index (κ2) is 7.88. The first-order chi connectivity index (χ1) is 13.7. The van der Waals surface area contributed by atoms with Crippen LogP contribution in [0.2, 0.25) is 0 Å². The van der Waals surface area contributed by atoms with E-state index in [1.807, 2.05) is 0 Å². The maximum atomic E-state index is 12.4. The first-order valence-electron chi connectivity index (χ1n) is 8.94. The Kier molecular flexibility index (Phi) is 5.51. The highest BCUT2D eigenvalue weighted by Crippen LogP contribution is 2.22. The molecular weight excluding hydrogens is 378 g/mol. The Bertz CT molecular complexity index is 880. The number of imide groups is 1. The molecule has 0 aromatic heterocycles. The molecule has 2 aliphatic heterocycles. The van der Waals surface area contributed by atoms with Crippen molar-refractivity contribution in [1.29, 1.82) is 0 Å². The zero-order chi connectivity index (χ0) is 21.2. The lowest BCUT2D eigenvalue weighted by atomic mass is 10.1. The van der Waals surface area contributed by atoms with Gasteiger partial charge in [0, 0.05) is 25.1 Å². The predicted molar refractivity (Wildman–Crippen MR) is 101 cm³/mol. The predicted octanol–water partition coefficient (Wildman–Crippen LogP) is 2.28. The van der Waals surface area contributed by atoms with Gasteiger partial charge in [-0.15, -0.1) is 5.06 Å². The van der Waals surface area contributed by atoms with Gasteiger partial charge < -0.3 is 9.64 Å². The second-order valence-corrected chi connectivity index (χ2v) is 7.34. The molecule has 0 radical (unpaired) electrons. The third-order valence-electron chi connectivity index (χ3n) is 3.97. The van der Waals surface area contributed by atoms with Crippen molar-refractivity contribution >= 4 is 23.8 Å². The van der Waals surface area contributed by atoms with Crippen molar-refractivity contribution in [3.8, 4) is 0 Å². The first-order valence-corrected chi connectivity index (χ1v) is 8.94. The first kappa shape index (κ1) is 20.3. The van der Waals surface area contributed by atoms with Gasteiger partial charge in [0.2, 0.25) is 0 Å². The van der Waals surface area contributed by atoms with Crippen LogP contribution in [0.15, 0.2) is 48.9 Å². The number of carbonyl (C=O) groups excluding carboxylic acids is 4. The lowest BCUT2D eigenvalue weighted by Crippen LogP contribution is -2.36. The molecule has 9 heteroatoms. The van der Waals surface area contributed by atoms with Gasteiger partial charge in [0.05, 0.1) is 11.1 Å². The van der Waals surface area contributed by atoms with E-state index >= 15 is 0 Å². The molecule has 0 spiro atoms. The zero-order valence-electron chi connectivity index (χ0n) is 16.3. The van der Waals surface area contributed by atoms with E-state index in [0.29, 0.717) is 5.06 Å². The van der Waals surface area contributed by atoms with E-state index in [0.717, 1.165) is 0 Å². The van der Waals surface area contributed by atoms with Crippen molar-refractivity contribution in [1.82, 2.24) is 14.9 Å². The highest BCUT2D eigenvalue weighted by molar-refractivity contribution is 6.20. The number of nitrogens with zero attached hydrogens (tertiary/aromatic N) is 3. The number of benzene rings is 1. The van der Waals surface area contributed by atoms with Gasteiger partial charge in [-0.05, 0) is 39.0 Å². The summed E-state index contributed by atoms with van der Waals surface area (Å²) in [6.45, 7) is 4.92. The normalized spacial score (nSPS) is 16.2. The fraction of sp³-hybridized carbons (Fsp3) is 0.300. The molecule has 0 saturated heterocycles. The van der Waals surface area contributed by atoms with E-state index in [4.69, 9.17) is 9.57 Å². The minimum absolute atomic E-state index is 0.181. The smallest absolute Gasteiger partial charge is 0.418 e. The Morgan fingerprint density at radius 1 is 1.00 bits per heavy atom. The minimum Gasteiger partial charge on any atom is -0.443 e. The van der Waals surface area contributed by atoms with Crippen molar-refractivity contribution in [2.24, 2.45) is 0 Å². The standard InChI is InChI=1S/C20H21N3O6/c1-20(2,3)29-19(27)22-10-6-9-21(11-12-22)16(24)13-28-23-17(25)14-7-4-5-8-15(14)18(23)26/h4-8,10-12H,9,13H2,1-3H3. The largest absolute Gasteiger partial charge is 0.443 e. The number of fused-ring (bicyclic) bond motifs is 1. The topological polar surface area (TPSA) is 96.5 Å². The van der Waals surface area contributed by atoms with E-state index in [-0.39, 0.29) is 17.7 Å². The number of hydrogen-bond acceptors (Lipinski definition) is 6. The number of amides is 4. The summed E-state index contributed by atoms with van der Waals surface area (Å²) >= 11 is 0. The van der Waals surface area contributed by atoms with E-state index in [9.17, 15) is 19.2 Å². The van der Waals surface area contributed by atoms with E-state index in [1.54, 1.807) is 39.0 Å². The molecule has 0 aliphatic carbocycles. The number of hydrogen-bond donors (Lipinski definition) is 0. The number of ether oxygens (including phenoxy) is 1. The average Bonchev–Trinajstić information content (AvgIpc) is 2.83. The Morgan fingerprint density at radius 3 is 2.21 bits per heavy atom. The van der Waals surface area contributed by atoms with Gasteiger partial charge in [-0.25, -0.2) is 4.79 Å². The second-order valence-electron chi connectivity index (χ2n) is 7.34. The van der Waals surface area contributed by atoms with Gasteiger partial charge in [-0.2, -0.15) is 0 Å². The van der Waals surface area contributed by atoms with Crippen LogP contribution in [0.5, 0.6) is 0 Å². The fourth-order valence-electron chi connectivity index (χ4n) is 2.65. The quantitative estimate of drug-likeness (QED) is 0.724. The zero-order valence-corrected chi connectivity index (χ0v) is 16.3. The van der Waals surface area contributed by atoms with Crippen molar-refractivity contribution in [2.45, 2.75) is 26.4 Å². The van der Waals surface area contributed by atoms with Crippen LogP contribution in [-0.2, 0) is 14.4 Å². The summed E-state index contributed by atoms with van der Waals surface area (Å²) in [5.41, 5.74) is -0.188. The van der Waals surface area contributed by atoms with E-state index in [1.165, 1.54) is 40.5 Å². The highest BCUT2D eigenvalue weighted by atomic mass is 16.7. The summed E-state index contributed by atoms with van der Waals surface area (Å²) in [6, 6.07) is 6.33. The van der Waals surface area contributed by atoms with Gasteiger partial charge >= 0.3 is 6.09 Å². The Balaban J connectivity index is 1.59. The fourth-order valence-corrected chi connectivity index (χ4v) is 2.65. The molecule has 4 amide bonds. The summed E-state index contributed by atoms with van der Waals surface area (Å²) in [4.78, 5) is 56.7. The van der Waals surface area contributed by atoms with Crippen LogP contribution in [0.4, 0.5) is 4.79 Å². The summed E-state index contributed by atoms with van der Waals surface area (Å²) in [6.07, 6.45) is 5.30. The van der Waals surface area contributed by atoms with Gasteiger partial charge in [0.1, 0.15) is 5.60 Å². The van der Waals surface area contributed by atoms with Crippen LogP contribution < -0.4 is 0 Å². The maximum Gasteiger partial charge on any atom is 0.418 e. The molecular formula is C20H21N3O6. The molecule has 2 heterocycles. The summed E-state index contributed by atoms with van der Waals surface area (Å²) in [7, 11) is 0. The molecule has 3 rings (SSSR count). The monoisotopic (exact) mass is 399 g/mol. The third kappa shape index (κ3) is 4.52. The van der Waals surface area contributed by atoms with Gasteiger partial charge in [0.25, 0.3) is 17.7 Å². The molecule has 0 bridgehead atoms. The molecule has 1 aromatic rings. The maximum absolute atomic E-state index is 12.4. The van der Waals surface area contributed by atoms with Crippen LogP contribution in [-0.4, -0.2) is 57.4 Å². The van der Waals surface area contributed by atoms with Gasteiger partial charge in [0.15, 0.2) is 6.61 Å². The van der Waals surface area contributed by atoms with Crippen LogP contribution in [0, 0.1) is 0 Å². The van der Waals surface area contributed by atoms with Crippen LogP contribution in [0.25, 0.3) is 0 Å². The molecule has 2 aliphatic rings. The summed E-state index contributed by atoms with van der Waals surface area (Å²) in [5.74, 6) is -1.71. The van der Waals surface area contributed by atoms with E-state index in [2.05, 4.69) is 0 Å². The van der Waals surface area contributed by atoms with Crippen LogP contribution >= 0.6 is 0 Å². The van der Waals surface area contributed by atoms with Crippen LogP contribution in [0.3, 0.4) is 0 Å². The lowest BCUT2D eigenvalue weighted by molar-refractivity contribution is -0.146.